The Balaban J connectivity index is 2.99. The van der Waals surface area contributed by atoms with E-state index in [0.29, 0.717) is 5.75 Å². The molecule has 1 N–H and O–H groups in total. The van der Waals surface area contributed by atoms with Crippen LogP contribution >= 0.6 is 22.6 Å². The number of aromatic hydroxyl groups is 1. The molecule has 0 bridgehead atoms. The predicted octanol–water partition coefficient (Wildman–Crippen LogP) is 3.19. The second-order valence-corrected chi connectivity index (χ2v) is 2.96. The Morgan fingerprint density at radius 2 is 1.91 bits per heavy atom. The van der Waals surface area contributed by atoms with Gasteiger partial charge in [-0.1, -0.05) is 34.7 Å². The molecule has 0 aliphatic heterocycles. The van der Waals surface area contributed by atoms with E-state index in [4.69, 9.17) is 5.11 Å². The van der Waals surface area contributed by atoms with Crippen LogP contribution in [0.5, 0.6) is 5.75 Å². The van der Waals surface area contributed by atoms with Gasteiger partial charge in [0, 0.05) is 0 Å². The number of benzene rings is 1. The van der Waals surface area contributed by atoms with E-state index < -0.39 is 0 Å². The second kappa shape index (κ2) is 3.76. The first-order valence-corrected chi connectivity index (χ1v) is 4.55. The van der Waals surface area contributed by atoms with Crippen LogP contribution in [0, 0.1) is 0 Å². The molecule has 1 aromatic carbocycles. The maximum Gasteiger partial charge on any atom is 0.115 e. The number of rotatable bonds is 1. The normalized spacial score (nSPS) is 11.6. The highest BCUT2D eigenvalue weighted by Gasteiger charge is 1.93. The minimum Gasteiger partial charge on any atom is -0.508 e. The third kappa shape index (κ3) is 2.22. The van der Waals surface area contributed by atoms with E-state index in [1.165, 1.54) is 5.57 Å². The lowest BCUT2D eigenvalue weighted by Gasteiger charge is -1.98. The number of hydrogen-bond acceptors (Lipinski definition) is 1. The maximum atomic E-state index is 8.99. The molecule has 2 heteroatoms. The molecular formula is C9H9IO. The van der Waals surface area contributed by atoms with Crippen molar-refractivity contribution in [2.24, 2.45) is 0 Å². The van der Waals surface area contributed by atoms with E-state index in [1.54, 1.807) is 12.1 Å². The molecule has 0 aliphatic rings. The summed E-state index contributed by atoms with van der Waals surface area (Å²) >= 11 is 2.20. The van der Waals surface area contributed by atoms with Gasteiger partial charge in [-0.25, -0.2) is 0 Å². The molecule has 0 saturated carbocycles. The van der Waals surface area contributed by atoms with Gasteiger partial charge in [-0.15, -0.1) is 0 Å². The summed E-state index contributed by atoms with van der Waals surface area (Å²) in [5.74, 6) is 0.315. The van der Waals surface area contributed by atoms with Crippen molar-refractivity contribution < 1.29 is 5.11 Å². The average molecular weight is 260 g/mol. The Kier molecular flexibility index (Phi) is 2.93. The Labute approximate surface area is 79.9 Å². The van der Waals surface area contributed by atoms with Crippen LogP contribution in [0.3, 0.4) is 0 Å². The number of allylic oxidation sites excluding steroid dienone is 1. The third-order valence-electron chi connectivity index (χ3n) is 1.49. The van der Waals surface area contributed by atoms with Gasteiger partial charge in [0.2, 0.25) is 0 Å². The zero-order chi connectivity index (χ0) is 8.27. The van der Waals surface area contributed by atoms with Crippen molar-refractivity contribution in [1.29, 1.82) is 0 Å². The first kappa shape index (κ1) is 8.59. The van der Waals surface area contributed by atoms with Gasteiger partial charge in [-0.2, -0.15) is 0 Å². The fraction of sp³-hybridized carbons (Fsp3) is 0.111. The van der Waals surface area contributed by atoms with Crippen LogP contribution in [-0.4, -0.2) is 5.11 Å². The van der Waals surface area contributed by atoms with E-state index in [9.17, 15) is 0 Å². The van der Waals surface area contributed by atoms with Crippen molar-refractivity contribution >= 4 is 28.2 Å². The molecule has 0 fully saturated rings. The summed E-state index contributed by atoms with van der Waals surface area (Å²) in [4.78, 5) is 0. The number of phenols is 1. The first-order valence-electron chi connectivity index (χ1n) is 3.30. The molecule has 0 atom stereocenters. The standard InChI is InChI=1S/C9H9IO/c1-7(6-10)8-2-4-9(11)5-3-8/h2-6,11H,1H3/b7-6+. The topological polar surface area (TPSA) is 20.2 Å². The first-order chi connectivity index (χ1) is 5.24. The van der Waals surface area contributed by atoms with Crippen molar-refractivity contribution in [2.75, 3.05) is 0 Å². The lowest BCUT2D eigenvalue weighted by molar-refractivity contribution is 0.475. The molecular weight excluding hydrogens is 251 g/mol. The Morgan fingerprint density at radius 1 is 1.36 bits per heavy atom. The Morgan fingerprint density at radius 3 is 2.36 bits per heavy atom. The largest absolute Gasteiger partial charge is 0.508 e. The highest BCUT2D eigenvalue weighted by molar-refractivity contribution is 14.1. The molecule has 0 amide bonds. The van der Waals surface area contributed by atoms with Gasteiger partial charge in [0.1, 0.15) is 5.75 Å². The van der Waals surface area contributed by atoms with Crippen molar-refractivity contribution in [3.63, 3.8) is 0 Å². The molecule has 0 saturated heterocycles. The Bertz CT molecular complexity index is 261. The fourth-order valence-corrected chi connectivity index (χ4v) is 1.15. The quantitative estimate of drug-likeness (QED) is 0.769. The highest BCUT2D eigenvalue weighted by atomic mass is 127. The van der Waals surface area contributed by atoms with Crippen molar-refractivity contribution in [2.45, 2.75) is 6.92 Å². The van der Waals surface area contributed by atoms with Crippen molar-refractivity contribution in [1.82, 2.24) is 0 Å². The molecule has 1 rings (SSSR count). The van der Waals surface area contributed by atoms with Gasteiger partial charge >= 0.3 is 0 Å². The molecule has 0 aromatic heterocycles. The van der Waals surface area contributed by atoms with Gasteiger partial charge in [0.15, 0.2) is 0 Å². The molecule has 1 nitrogen and oxygen atoms in total. The molecule has 0 unspecified atom stereocenters. The molecule has 0 aliphatic carbocycles. The SMILES string of the molecule is C/C(=C\I)c1ccc(O)cc1. The summed E-state index contributed by atoms with van der Waals surface area (Å²) in [5.41, 5.74) is 2.36. The van der Waals surface area contributed by atoms with Crippen LogP contribution in [-0.2, 0) is 0 Å². The van der Waals surface area contributed by atoms with Crippen molar-refractivity contribution in [3.05, 3.63) is 33.9 Å². The predicted molar refractivity (Wildman–Crippen MR) is 55.8 cm³/mol. The third-order valence-corrected chi connectivity index (χ3v) is 2.42. The van der Waals surface area contributed by atoms with Crippen molar-refractivity contribution in [3.8, 4) is 5.75 Å². The zero-order valence-corrected chi connectivity index (χ0v) is 8.37. The summed E-state index contributed by atoms with van der Waals surface area (Å²) in [5, 5.41) is 8.99. The van der Waals surface area contributed by atoms with Crippen LogP contribution in [0.2, 0.25) is 0 Å². The van der Waals surface area contributed by atoms with Crippen LogP contribution in [0.4, 0.5) is 0 Å². The van der Waals surface area contributed by atoms with Gasteiger partial charge in [-0.3, -0.25) is 0 Å². The van der Waals surface area contributed by atoms with E-state index in [2.05, 4.69) is 22.6 Å². The maximum absolute atomic E-state index is 8.99. The molecule has 1 aromatic rings. The molecule has 0 heterocycles. The lowest BCUT2D eigenvalue weighted by atomic mass is 10.1. The smallest absolute Gasteiger partial charge is 0.115 e. The van der Waals surface area contributed by atoms with Crippen LogP contribution in [0.25, 0.3) is 5.57 Å². The Hall–Kier alpha value is -0.510. The fourth-order valence-electron chi connectivity index (χ4n) is 0.787. The van der Waals surface area contributed by atoms with E-state index in [-0.39, 0.29) is 0 Å². The van der Waals surface area contributed by atoms with Gasteiger partial charge in [0.05, 0.1) is 0 Å². The van der Waals surface area contributed by atoms with E-state index in [1.807, 2.05) is 23.1 Å². The van der Waals surface area contributed by atoms with Crippen LogP contribution in [0.15, 0.2) is 28.3 Å². The van der Waals surface area contributed by atoms with Gasteiger partial charge in [0.25, 0.3) is 0 Å². The average Bonchev–Trinajstić information content (AvgIpc) is 2.05. The van der Waals surface area contributed by atoms with Gasteiger partial charge < -0.3 is 5.11 Å². The second-order valence-electron chi connectivity index (χ2n) is 2.34. The number of halogens is 1. The van der Waals surface area contributed by atoms with E-state index in [0.717, 1.165) is 5.56 Å². The summed E-state index contributed by atoms with van der Waals surface area (Å²) < 4.78 is 2.02. The van der Waals surface area contributed by atoms with Crippen LogP contribution in [0.1, 0.15) is 12.5 Å². The summed E-state index contributed by atoms with van der Waals surface area (Å²) in [7, 11) is 0. The number of phenolic OH excluding ortho intramolecular Hbond substituents is 1. The minimum absolute atomic E-state index is 0.315. The van der Waals surface area contributed by atoms with Gasteiger partial charge in [-0.05, 0) is 34.3 Å². The highest BCUT2D eigenvalue weighted by Crippen LogP contribution is 2.18. The summed E-state index contributed by atoms with van der Waals surface area (Å²) in [6, 6.07) is 7.19. The summed E-state index contributed by atoms with van der Waals surface area (Å²) in [6.45, 7) is 2.04. The molecule has 11 heavy (non-hydrogen) atoms. The zero-order valence-electron chi connectivity index (χ0n) is 6.21. The summed E-state index contributed by atoms with van der Waals surface area (Å²) in [6.07, 6.45) is 0. The monoisotopic (exact) mass is 260 g/mol. The minimum atomic E-state index is 0.315. The lowest BCUT2D eigenvalue weighted by Crippen LogP contribution is -1.75. The molecule has 58 valence electrons. The van der Waals surface area contributed by atoms with Crippen LogP contribution < -0.4 is 0 Å². The number of hydrogen-bond donors (Lipinski definition) is 1. The molecule has 0 spiro atoms. The molecule has 0 radical (unpaired) electrons. The van der Waals surface area contributed by atoms with E-state index >= 15 is 0 Å².